The summed E-state index contributed by atoms with van der Waals surface area (Å²) in [6.07, 6.45) is -0.327. The van der Waals surface area contributed by atoms with Crippen molar-refractivity contribution in [3.63, 3.8) is 0 Å². The third-order valence-corrected chi connectivity index (χ3v) is 11.4. The number of nitrogens with one attached hydrogen (secondary N) is 2. The number of anilines is 2. The van der Waals surface area contributed by atoms with Crippen molar-refractivity contribution in [2.24, 2.45) is 5.41 Å². The van der Waals surface area contributed by atoms with Gasteiger partial charge in [0.05, 0.1) is 46.2 Å². The normalized spacial score (nSPS) is 19.0. The standard InChI is InChI=1S/C41H53N9O3S/c1-25-9-8-10-31(19-25)33-21-35(39(42)47-46-33)49-17-15-48(16-18-49)23-36(52)45-38(41(5,6)7)40(53)50-22-32(51)20-34(50)27(3)44-26(2)29-11-13-30(14-12-29)37-28(4)43-24-54-37/h8-14,19,21,24,26,32,34,38,44,51H,3,15-18,20,22-23H2,1-2,4-7H3,(H2,42,47)(H,45,52)/t26-,32+,34-,38+/m0/s1. The molecule has 286 valence electrons. The predicted molar refractivity (Wildman–Crippen MR) is 216 cm³/mol. The van der Waals surface area contributed by atoms with Crippen molar-refractivity contribution in [2.75, 3.05) is 49.9 Å². The first-order valence-corrected chi connectivity index (χ1v) is 19.5. The summed E-state index contributed by atoms with van der Waals surface area (Å²) in [4.78, 5) is 39.3. The summed E-state index contributed by atoms with van der Waals surface area (Å²) < 4.78 is 0. The van der Waals surface area contributed by atoms with E-state index in [1.165, 1.54) is 0 Å². The highest BCUT2D eigenvalue weighted by Crippen LogP contribution is 2.32. The first kappa shape index (κ1) is 38.9. The largest absolute Gasteiger partial charge is 0.391 e. The number of carbonyl (C=O) groups excluding carboxylic acids is 2. The molecule has 2 aliphatic rings. The summed E-state index contributed by atoms with van der Waals surface area (Å²) in [5, 5.41) is 25.9. The average molecular weight is 752 g/mol. The van der Waals surface area contributed by atoms with E-state index in [0.717, 1.165) is 44.2 Å². The number of aryl methyl sites for hydroxylation is 2. The van der Waals surface area contributed by atoms with E-state index in [-0.39, 0.29) is 30.9 Å². The number of nitrogens with zero attached hydrogens (tertiary/aromatic N) is 6. The SMILES string of the molecule is C=C(N[C@@H](C)c1ccc(-c2scnc2C)cc1)[C@@H]1C[C@@H](O)CN1C(=O)[C@@H](NC(=O)CN1CCN(c2cc(-c3cccc(C)c3)nnc2N)CC1)C(C)(C)C. The van der Waals surface area contributed by atoms with Crippen LogP contribution >= 0.6 is 11.3 Å². The molecule has 0 bridgehead atoms. The Morgan fingerprint density at radius 2 is 1.74 bits per heavy atom. The molecule has 4 aromatic rings. The molecule has 2 amide bonds. The van der Waals surface area contributed by atoms with E-state index < -0.39 is 23.6 Å². The van der Waals surface area contributed by atoms with Gasteiger partial charge in [0.1, 0.15) is 6.04 Å². The summed E-state index contributed by atoms with van der Waals surface area (Å²) in [6.45, 7) is 19.2. The first-order chi connectivity index (χ1) is 25.7. The number of hydrogen-bond donors (Lipinski definition) is 4. The van der Waals surface area contributed by atoms with Crippen LogP contribution in [-0.2, 0) is 9.59 Å². The Hall–Kier alpha value is -4.85. The predicted octanol–water partition coefficient (Wildman–Crippen LogP) is 4.95. The number of likely N-dealkylation sites (tertiary alicyclic amines) is 1. The van der Waals surface area contributed by atoms with Crippen LogP contribution < -0.4 is 21.3 Å². The van der Waals surface area contributed by atoms with Crippen LogP contribution in [0.2, 0.25) is 0 Å². The number of aliphatic hydroxyl groups is 1. The number of β-amino-alcohol motifs (C(OH)–C–C–N with tert-alkyl or cyclic N) is 1. The lowest BCUT2D eigenvalue weighted by Crippen LogP contribution is -2.58. The molecule has 2 aliphatic heterocycles. The Bertz CT molecular complexity index is 1970. The number of nitrogen functional groups attached to an aromatic ring is 1. The number of aliphatic hydroxyl groups excluding tert-OH is 1. The van der Waals surface area contributed by atoms with E-state index in [2.05, 4.69) is 79.4 Å². The molecule has 0 unspecified atom stereocenters. The van der Waals surface area contributed by atoms with Crippen molar-refractivity contribution in [2.45, 2.75) is 72.2 Å². The van der Waals surface area contributed by atoms with Gasteiger partial charge in [-0.2, -0.15) is 0 Å². The molecule has 2 aromatic heterocycles. The molecular formula is C41H53N9O3S. The summed E-state index contributed by atoms with van der Waals surface area (Å²) in [6, 6.07) is 17.2. The highest BCUT2D eigenvalue weighted by atomic mass is 32.1. The second-order valence-electron chi connectivity index (χ2n) is 15.7. The van der Waals surface area contributed by atoms with Crippen LogP contribution in [-0.4, -0.2) is 99.4 Å². The van der Waals surface area contributed by atoms with Crippen LogP contribution in [0.3, 0.4) is 0 Å². The highest BCUT2D eigenvalue weighted by Gasteiger charge is 2.43. The van der Waals surface area contributed by atoms with Crippen LogP contribution in [0.25, 0.3) is 21.7 Å². The van der Waals surface area contributed by atoms with Gasteiger partial charge in [-0.05, 0) is 49.4 Å². The smallest absolute Gasteiger partial charge is 0.246 e. The van der Waals surface area contributed by atoms with Gasteiger partial charge in [-0.1, -0.05) is 75.4 Å². The van der Waals surface area contributed by atoms with Crippen LogP contribution in [0.15, 0.2) is 72.4 Å². The number of aromatic nitrogens is 3. The van der Waals surface area contributed by atoms with Crippen LogP contribution in [0.4, 0.5) is 11.5 Å². The minimum Gasteiger partial charge on any atom is -0.391 e. The number of amides is 2. The Kier molecular flexibility index (Phi) is 11.7. The molecule has 0 radical (unpaired) electrons. The number of benzene rings is 2. The molecule has 2 saturated heterocycles. The van der Waals surface area contributed by atoms with E-state index in [1.807, 2.05) is 64.4 Å². The van der Waals surface area contributed by atoms with Crippen LogP contribution in [0, 0.1) is 19.3 Å². The van der Waals surface area contributed by atoms with E-state index in [9.17, 15) is 14.7 Å². The Balaban J connectivity index is 1.05. The minimum atomic E-state index is -0.796. The molecule has 0 saturated carbocycles. The number of thiazole rings is 1. The van der Waals surface area contributed by atoms with Crippen molar-refractivity contribution in [3.8, 4) is 21.7 Å². The third-order valence-electron chi connectivity index (χ3n) is 10.4. The maximum absolute atomic E-state index is 14.3. The molecule has 2 fully saturated rings. The summed E-state index contributed by atoms with van der Waals surface area (Å²) >= 11 is 1.62. The molecule has 6 rings (SSSR count). The second-order valence-corrected chi connectivity index (χ2v) is 16.5. The second kappa shape index (κ2) is 16.3. The van der Waals surface area contributed by atoms with Gasteiger partial charge in [-0.25, -0.2) is 4.98 Å². The zero-order chi connectivity index (χ0) is 38.7. The highest BCUT2D eigenvalue weighted by molar-refractivity contribution is 7.13. The van der Waals surface area contributed by atoms with Crippen molar-refractivity contribution in [1.29, 1.82) is 0 Å². The third kappa shape index (κ3) is 8.91. The zero-order valence-electron chi connectivity index (χ0n) is 32.2. The molecule has 54 heavy (non-hydrogen) atoms. The lowest BCUT2D eigenvalue weighted by atomic mass is 9.85. The molecule has 5 N–H and O–H groups in total. The van der Waals surface area contributed by atoms with E-state index in [0.29, 0.717) is 44.1 Å². The van der Waals surface area contributed by atoms with Gasteiger partial charge < -0.3 is 31.3 Å². The first-order valence-electron chi connectivity index (χ1n) is 18.6. The Morgan fingerprint density at radius 1 is 1.02 bits per heavy atom. The fourth-order valence-electron chi connectivity index (χ4n) is 7.31. The topological polar surface area (TPSA) is 153 Å². The number of nitrogens with two attached hydrogens (primary N) is 1. The quantitative estimate of drug-likeness (QED) is 0.166. The summed E-state index contributed by atoms with van der Waals surface area (Å²) in [7, 11) is 0. The molecule has 2 aromatic carbocycles. The van der Waals surface area contributed by atoms with Gasteiger partial charge in [-0.3, -0.25) is 14.5 Å². The van der Waals surface area contributed by atoms with Gasteiger partial charge in [0.15, 0.2) is 5.82 Å². The van der Waals surface area contributed by atoms with Crippen LogP contribution in [0.1, 0.15) is 57.0 Å². The molecule has 0 spiro atoms. The number of rotatable bonds is 11. The Morgan fingerprint density at radius 3 is 2.39 bits per heavy atom. The van der Waals surface area contributed by atoms with Gasteiger partial charge in [0, 0.05) is 56.4 Å². The van der Waals surface area contributed by atoms with Crippen LogP contribution in [0.5, 0.6) is 0 Å². The molecule has 4 heterocycles. The molecule has 4 atom stereocenters. The van der Waals surface area contributed by atoms with Gasteiger partial charge >= 0.3 is 0 Å². The maximum Gasteiger partial charge on any atom is 0.246 e. The number of carbonyl (C=O) groups is 2. The van der Waals surface area contributed by atoms with Crippen molar-refractivity contribution >= 4 is 34.7 Å². The molecule has 13 heteroatoms. The van der Waals surface area contributed by atoms with Crippen molar-refractivity contribution < 1.29 is 14.7 Å². The Labute approximate surface area is 322 Å². The maximum atomic E-state index is 14.3. The lowest BCUT2D eigenvalue weighted by molar-refractivity contribution is -0.140. The van der Waals surface area contributed by atoms with E-state index >= 15 is 0 Å². The molecular weight excluding hydrogens is 699 g/mol. The monoisotopic (exact) mass is 751 g/mol. The van der Waals surface area contributed by atoms with Gasteiger partial charge in [0.2, 0.25) is 11.8 Å². The van der Waals surface area contributed by atoms with E-state index in [4.69, 9.17) is 5.73 Å². The van der Waals surface area contributed by atoms with Gasteiger partial charge in [-0.15, -0.1) is 21.5 Å². The van der Waals surface area contributed by atoms with Crippen molar-refractivity contribution in [1.82, 2.24) is 35.6 Å². The van der Waals surface area contributed by atoms with Gasteiger partial charge in [0.25, 0.3) is 0 Å². The zero-order valence-corrected chi connectivity index (χ0v) is 33.0. The number of hydrogen-bond acceptors (Lipinski definition) is 11. The fourth-order valence-corrected chi connectivity index (χ4v) is 8.12. The molecule has 0 aliphatic carbocycles. The summed E-state index contributed by atoms with van der Waals surface area (Å²) in [5.74, 6) is -0.0760. The molecule has 12 nitrogen and oxygen atoms in total. The minimum absolute atomic E-state index is 0.0798. The van der Waals surface area contributed by atoms with E-state index in [1.54, 1.807) is 16.2 Å². The van der Waals surface area contributed by atoms with Crippen molar-refractivity contribution in [3.05, 3.63) is 89.2 Å². The summed E-state index contributed by atoms with van der Waals surface area (Å²) in [5.41, 5.74) is 15.1. The average Bonchev–Trinajstić information content (AvgIpc) is 3.75. The fraction of sp³-hybridized carbons (Fsp3) is 0.439. The number of piperazine rings is 1. The lowest BCUT2D eigenvalue weighted by Gasteiger charge is -2.38.